The van der Waals surface area contributed by atoms with Crippen LogP contribution in [0.25, 0.3) is 15.9 Å². The van der Waals surface area contributed by atoms with E-state index in [1.54, 1.807) is 6.33 Å². The van der Waals surface area contributed by atoms with Gasteiger partial charge >= 0.3 is 0 Å². The number of hydrogen-bond acceptors (Lipinski definition) is 6. The van der Waals surface area contributed by atoms with E-state index < -0.39 is 0 Å². The van der Waals surface area contributed by atoms with Crippen LogP contribution >= 0.6 is 11.3 Å². The van der Waals surface area contributed by atoms with Gasteiger partial charge in [0.15, 0.2) is 23.0 Å². The number of nitrogens with zero attached hydrogens (tertiary/aromatic N) is 4. The average molecular weight is 423 g/mol. The van der Waals surface area contributed by atoms with E-state index in [9.17, 15) is 0 Å². The van der Waals surface area contributed by atoms with Crippen LogP contribution in [0.5, 0.6) is 11.5 Å². The maximum absolute atomic E-state index is 5.77. The zero-order valence-electron chi connectivity index (χ0n) is 17.6. The molecule has 1 aromatic carbocycles. The predicted molar refractivity (Wildman–Crippen MR) is 119 cm³/mol. The van der Waals surface area contributed by atoms with E-state index in [1.165, 1.54) is 22.2 Å². The lowest BCUT2D eigenvalue weighted by Crippen LogP contribution is -2.08. The van der Waals surface area contributed by atoms with Gasteiger partial charge < -0.3 is 9.47 Å². The number of aromatic nitrogens is 4. The van der Waals surface area contributed by atoms with Crippen molar-refractivity contribution < 1.29 is 9.47 Å². The molecule has 0 spiro atoms. The molecule has 3 heterocycles. The Kier molecular flexibility index (Phi) is 5.06. The molecule has 1 atom stereocenters. The van der Waals surface area contributed by atoms with Crippen molar-refractivity contribution in [2.45, 2.75) is 46.5 Å². The minimum absolute atomic E-state index is 0.599. The summed E-state index contributed by atoms with van der Waals surface area (Å²) in [5, 5.41) is 5.91. The molecular formula is C23H26N4O2S. The Hall–Kier alpha value is -2.67. The number of benzene rings is 1. The first kappa shape index (κ1) is 19.3. The summed E-state index contributed by atoms with van der Waals surface area (Å²) in [7, 11) is 0. The summed E-state index contributed by atoms with van der Waals surface area (Å²) in [5.41, 5.74) is 3.46. The molecule has 0 unspecified atom stereocenters. The number of hydrogen-bond donors (Lipinski definition) is 0. The molecule has 0 radical (unpaired) electrons. The van der Waals surface area contributed by atoms with Gasteiger partial charge in [-0.15, -0.1) is 16.4 Å². The van der Waals surface area contributed by atoms with Crippen molar-refractivity contribution in [2.24, 2.45) is 5.92 Å². The van der Waals surface area contributed by atoms with E-state index in [1.807, 2.05) is 41.8 Å². The normalized spacial score (nSPS) is 16.2. The van der Waals surface area contributed by atoms with Crippen molar-refractivity contribution in [1.29, 1.82) is 0 Å². The van der Waals surface area contributed by atoms with Crippen molar-refractivity contribution in [2.75, 3.05) is 13.2 Å². The molecule has 4 aromatic rings. The van der Waals surface area contributed by atoms with Gasteiger partial charge in [-0.25, -0.2) is 14.5 Å². The van der Waals surface area contributed by atoms with Crippen LogP contribution in [-0.2, 0) is 19.3 Å². The predicted octanol–water partition coefficient (Wildman–Crippen LogP) is 4.85. The van der Waals surface area contributed by atoms with Crippen LogP contribution in [0.2, 0.25) is 0 Å². The maximum atomic E-state index is 5.77. The molecule has 0 aliphatic heterocycles. The van der Waals surface area contributed by atoms with Crippen molar-refractivity contribution in [3.63, 3.8) is 0 Å². The van der Waals surface area contributed by atoms with Gasteiger partial charge in [-0.2, -0.15) is 0 Å². The molecule has 6 nitrogen and oxygen atoms in total. The molecule has 7 heteroatoms. The first-order valence-corrected chi connectivity index (χ1v) is 11.5. The summed E-state index contributed by atoms with van der Waals surface area (Å²) >= 11 is 1.82. The number of thiophene rings is 1. The molecule has 1 aliphatic rings. The minimum Gasteiger partial charge on any atom is -0.490 e. The molecule has 0 saturated carbocycles. The van der Waals surface area contributed by atoms with Crippen LogP contribution in [0, 0.1) is 5.92 Å². The first-order valence-electron chi connectivity index (χ1n) is 10.7. The van der Waals surface area contributed by atoms with Gasteiger partial charge in [0.25, 0.3) is 0 Å². The van der Waals surface area contributed by atoms with Crippen LogP contribution in [-0.4, -0.2) is 32.8 Å². The van der Waals surface area contributed by atoms with Gasteiger partial charge in [0.05, 0.1) is 18.6 Å². The van der Waals surface area contributed by atoms with Gasteiger partial charge in [0.1, 0.15) is 11.2 Å². The summed E-state index contributed by atoms with van der Waals surface area (Å²) in [6.45, 7) is 7.50. The Morgan fingerprint density at radius 2 is 2.00 bits per heavy atom. The van der Waals surface area contributed by atoms with Gasteiger partial charge in [-0.05, 0) is 62.3 Å². The monoisotopic (exact) mass is 422 g/mol. The second-order valence-corrected chi connectivity index (χ2v) is 8.98. The lowest BCUT2D eigenvalue weighted by atomic mass is 9.89. The third-order valence-electron chi connectivity index (χ3n) is 5.65. The highest BCUT2D eigenvalue weighted by Gasteiger charge is 2.23. The average Bonchev–Trinajstić information content (AvgIpc) is 3.29. The van der Waals surface area contributed by atoms with Crippen molar-refractivity contribution in [1.82, 2.24) is 19.6 Å². The van der Waals surface area contributed by atoms with E-state index >= 15 is 0 Å². The Labute approximate surface area is 179 Å². The van der Waals surface area contributed by atoms with Crippen molar-refractivity contribution >= 4 is 27.2 Å². The Balaban J connectivity index is 1.51. The van der Waals surface area contributed by atoms with Gasteiger partial charge in [-0.3, -0.25) is 0 Å². The van der Waals surface area contributed by atoms with Crippen LogP contribution < -0.4 is 9.47 Å². The summed E-state index contributed by atoms with van der Waals surface area (Å²) in [5.74, 6) is 3.08. The van der Waals surface area contributed by atoms with Crippen LogP contribution in [0.4, 0.5) is 0 Å². The Bertz CT molecular complexity index is 1210. The highest BCUT2D eigenvalue weighted by atomic mass is 32.1. The second-order valence-electron chi connectivity index (χ2n) is 7.90. The minimum atomic E-state index is 0.599. The number of rotatable bonds is 6. The van der Waals surface area contributed by atoms with E-state index in [4.69, 9.17) is 19.6 Å². The summed E-state index contributed by atoms with van der Waals surface area (Å²) in [4.78, 5) is 12.1. The van der Waals surface area contributed by atoms with Gasteiger partial charge in [0.2, 0.25) is 0 Å². The quantitative estimate of drug-likeness (QED) is 0.444. The van der Waals surface area contributed by atoms with Crippen LogP contribution in [0.1, 0.15) is 49.0 Å². The first-order chi connectivity index (χ1) is 14.7. The largest absolute Gasteiger partial charge is 0.490 e. The molecule has 0 bridgehead atoms. The third kappa shape index (κ3) is 3.41. The van der Waals surface area contributed by atoms with Gasteiger partial charge in [-0.1, -0.05) is 13.0 Å². The molecule has 156 valence electrons. The number of ether oxygens (including phenoxy) is 2. The van der Waals surface area contributed by atoms with E-state index in [-0.39, 0.29) is 0 Å². The summed E-state index contributed by atoms with van der Waals surface area (Å²) in [6, 6.07) is 6.05. The molecule has 5 rings (SSSR count). The molecule has 1 aliphatic carbocycles. The fourth-order valence-electron chi connectivity index (χ4n) is 4.25. The molecule has 0 amide bonds. The number of fused-ring (bicyclic) bond motifs is 5. The van der Waals surface area contributed by atoms with E-state index in [2.05, 4.69) is 18.0 Å². The van der Waals surface area contributed by atoms with Crippen molar-refractivity contribution in [3.8, 4) is 11.5 Å². The lowest BCUT2D eigenvalue weighted by molar-refractivity contribution is 0.287. The van der Waals surface area contributed by atoms with Crippen molar-refractivity contribution in [3.05, 3.63) is 46.4 Å². The summed E-state index contributed by atoms with van der Waals surface area (Å²) in [6.07, 6.45) is 5.92. The second kappa shape index (κ2) is 7.87. The smallest absolute Gasteiger partial charge is 0.167 e. The third-order valence-corrected chi connectivity index (χ3v) is 6.81. The fraction of sp³-hybridized carbons (Fsp3) is 0.435. The molecular weight excluding hydrogens is 396 g/mol. The van der Waals surface area contributed by atoms with E-state index in [0.717, 1.165) is 52.1 Å². The SMILES string of the molecule is CCOc1ccc(Cc2nc3c4c5c(sc4ncn3n2)C[C@@H](C)CC5)cc1OCC. The lowest BCUT2D eigenvalue weighted by Gasteiger charge is -2.17. The highest BCUT2D eigenvalue weighted by Crippen LogP contribution is 2.38. The number of aryl methyl sites for hydroxylation is 1. The molecule has 0 fully saturated rings. The zero-order valence-corrected chi connectivity index (χ0v) is 18.5. The Morgan fingerprint density at radius 1 is 1.17 bits per heavy atom. The molecule has 0 N–H and O–H groups in total. The zero-order chi connectivity index (χ0) is 20.7. The molecule has 30 heavy (non-hydrogen) atoms. The molecule has 0 saturated heterocycles. The Morgan fingerprint density at radius 3 is 2.83 bits per heavy atom. The molecule has 3 aromatic heterocycles. The topological polar surface area (TPSA) is 61.5 Å². The highest BCUT2D eigenvalue weighted by molar-refractivity contribution is 7.19. The van der Waals surface area contributed by atoms with E-state index in [0.29, 0.717) is 19.6 Å². The van der Waals surface area contributed by atoms with Gasteiger partial charge in [0, 0.05) is 11.3 Å². The maximum Gasteiger partial charge on any atom is 0.167 e. The fourth-order valence-corrected chi connectivity index (χ4v) is 5.59. The standard InChI is InChI=1S/C23H26N4O2S/c1-4-28-17-9-7-15(11-18(17)29-5-2)12-20-25-22-21-16-8-6-14(3)10-19(16)30-23(21)24-13-27(22)26-20/h7,9,11,13-14H,4-6,8,10,12H2,1-3H3/t14-/m0/s1. The summed E-state index contributed by atoms with van der Waals surface area (Å²) < 4.78 is 13.3. The van der Waals surface area contributed by atoms with Crippen LogP contribution in [0.3, 0.4) is 0 Å². The van der Waals surface area contributed by atoms with Crippen LogP contribution in [0.15, 0.2) is 24.5 Å².